The van der Waals surface area contributed by atoms with Crippen LogP contribution in [0, 0.1) is 0 Å². The monoisotopic (exact) mass is 256 g/mol. The molecule has 0 N–H and O–H groups in total. The van der Waals surface area contributed by atoms with E-state index >= 15 is 0 Å². The molecule has 0 amide bonds. The number of carbonyl (C=O) groups is 1. The molecule has 0 spiro atoms. The average molecular weight is 256 g/mol. The van der Waals surface area contributed by atoms with Crippen LogP contribution in [0.5, 0.6) is 5.75 Å². The summed E-state index contributed by atoms with van der Waals surface area (Å²) in [6, 6.07) is 6.43. The molecular weight excluding hydrogens is 236 g/mol. The van der Waals surface area contributed by atoms with Crippen molar-refractivity contribution >= 4 is 5.78 Å². The van der Waals surface area contributed by atoms with E-state index in [1.165, 1.54) is 16.7 Å². The molecule has 0 aliphatic heterocycles. The fourth-order valence-electron chi connectivity index (χ4n) is 3.76. The van der Waals surface area contributed by atoms with Gasteiger partial charge in [0, 0.05) is 11.8 Å². The first-order valence-electron chi connectivity index (χ1n) is 7.11. The molecule has 1 atom stereocenters. The lowest BCUT2D eigenvalue weighted by Crippen LogP contribution is -2.36. The van der Waals surface area contributed by atoms with Crippen LogP contribution in [0.1, 0.15) is 43.7 Å². The van der Waals surface area contributed by atoms with Crippen LogP contribution < -0.4 is 4.74 Å². The lowest BCUT2D eigenvalue weighted by Gasteiger charge is -2.43. The first kappa shape index (κ1) is 12.5. The van der Waals surface area contributed by atoms with Crippen molar-refractivity contribution in [2.75, 3.05) is 7.11 Å². The van der Waals surface area contributed by atoms with Gasteiger partial charge in [0.05, 0.1) is 7.11 Å². The van der Waals surface area contributed by atoms with E-state index in [4.69, 9.17) is 4.74 Å². The van der Waals surface area contributed by atoms with Crippen molar-refractivity contribution in [2.24, 2.45) is 0 Å². The number of hydrogen-bond donors (Lipinski definition) is 0. The molecule has 0 bridgehead atoms. The van der Waals surface area contributed by atoms with E-state index in [1.807, 2.05) is 6.08 Å². The zero-order valence-corrected chi connectivity index (χ0v) is 11.7. The van der Waals surface area contributed by atoms with Crippen LogP contribution in [0.25, 0.3) is 0 Å². The first-order valence-corrected chi connectivity index (χ1v) is 7.11. The SMILES string of the molecule is CC[C@@]12CCC(=O)C=C1CCc1cc(OC)ccc12. The standard InChI is InChI=1S/C17H20O2/c1-3-17-9-8-14(18)11-13(17)5-4-12-10-15(19-2)6-7-16(12)17/h6-7,10-11H,3-5,8-9H2,1-2H3/t17-/m1/s1. The summed E-state index contributed by atoms with van der Waals surface area (Å²) in [5.74, 6) is 1.24. The Bertz CT molecular complexity index is 556. The maximum absolute atomic E-state index is 11.7. The van der Waals surface area contributed by atoms with Crippen molar-refractivity contribution in [1.29, 1.82) is 0 Å². The third-order valence-electron chi connectivity index (χ3n) is 4.84. The highest BCUT2D eigenvalue weighted by Crippen LogP contribution is 2.49. The molecule has 2 aliphatic rings. The minimum absolute atomic E-state index is 0.105. The summed E-state index contributed by atoms with van der Waals surface area (Å²) < 4.78 is 5.33. The van der Waals surface area contributed by atoms with Gasteiger partial charge in [0.1, 0.15) is 5.75 Å². The maximum Gasteiger partial charge on any atom is 0.155 e. The number of aryl methyl sites for hydroxylation is 1. The van der Waals surface area contributed by atoms with Gasteiger partial charge in [-0.1, -0.05) is 18.6 Å². The smallest absolute Gasteiger partial charge is 0.155 e. The number of methoxy groups -OCH3 is 1. The van der Waals surface area contributed by atoms with Crippen molar-refractivity contribution in [2.45, 2.75) is 44.4 Å². The lowest BCUT2D eigenvalue weighted by atomic mass is 9.60. The highest BCUT2D eigenvalue weighted by molar-refractivity contribution is 5.92. The van der Waals surface area contributed by atoms with Gasteiger partial charge in [-0.15, -0.1) is 0 Å². The maximum atomic E-state index is 11.7. The quantitative estimate of drug-likeness (QED) is 0.808. The van der Waals surface area contributed by atoms with Gasteiger partial charge in [0.15, 0.2) is 5.78 Å². The van der Waals surface area contributed by atoms with Crippen LogP contribution >= 0.6 is 0 Å². The Morgan fingerprint density at radius 2 is 2.11 bits per heavy atom. The van der Waals surface area contributed by atoms with Gasteiger partial charge >= 0.3 is 0 Å². The van der Waals surface area contributed by atoms with E-state index in [1.54, 1.807) is 7.11 Å². The van der Waals surface area contributed by atoms with Crippen molar-refractivity contribution in [1.82, 2.24) is 0 Å². The second-order valence-corrected chi connectivity index (χ2v) is 5.59. The zero-order chi connectivity index (χ0) is 13.5. The number of allylic oxidation sites excluding steroid dienone is 2. The average Bonchev–Trinajstić information content (AvgIpc) is 2.46. The predicted octanol–water partition coefficient (Wildman–Crippen LogP) is 3.58. The third kappa shape index (κ3) is 1.81. The molecule has 0 fully saturated rings. The minimum atomic E-state index is 0.105. The summed E-state index contributed by atoms with van der Waals surface area (Å²) in [5, 5.41) is 0. The largest absolute Gasteiger partial charge is 0.497 e. The Labute approximate surface area is 114 Å². The molecule has 3 rings (SSSR count). The Morgan fingerprint density at radius 1 is 1.26 bits per heavy atom. The molecule has 0 radical (unpaired) electrons. The van der Waals surface area contributed by atoms with Crippen molar-refractivity contribution < 1.29 is 9.53 Å². The van der Waals surface area contributed by atoms with E-state index in [0.717, 1.165) is 31.4 Å². The fraction of sp³-hybridized carbons (Fsp3) is 0.471. The van der Waals surface area contributed by atoms with Crippen LogP contribution in [-0.4, -0.2) is 12.9 Å². The van der Waals surface area contributed by atoms with Crippen LogP contribution in [0.2, 0.25) is 0 Å². The number of hydrogen-bond acceptors (Lipinski definition) is 2. The molecule has 2 nitrogen and oxygen atoms in total. The van der Waals surface area contributed by atoms with Gasteiger partial charge < -0.3 is 4.74 Å². The molecule has 2 aliphatic carbocycles. The fourth-order valence-corrected chi connectivity index (χ4v) is 3.76. The van der Waals surface area contributed by atoms with Crippen LogP contribution in [0.3, 0.4) is 0 Å². The van der Waals surface area contributed by atoms with Gasteiger partial charge in [-0.25, -0.2) is 0 Å². The summed E-state index contributed by atoms with van der Waals surface area (Å²) in [4.78, 5) is 11.7. The number of ether oxygens (including phenoxy) is 1. The van der Waals surface area contributed by atoms with Crippen LogP contribution in [0.4, 0.5) is 0 Å². The predicted molar refractivity (Wildman–Crippen MR) is 75.6 cm³/mol. The Morgan fingerprint density at radius 3 is 2.84 bits per heavy atom. The second-order valence-electron chi connectivity index (χ2n) is 5.59. The molecule has 0 unspecified atom stereocenters. The molecule has 1 aromatic rings. The second kappa shape index (κ2) is 4.52. The molecule has 2 heteroatoms. The van der Waals surface area contributed by atoms with Crippen molar-refractivity contribution in [3.05, 3.63) is 41.0 Å². The third-order valence-corrected chi connectivity index (χ3v) is 4.84. The van der Waals surface area contributed by atoms with Crippen molar-refractivity contribution in [3.8, 4) is 5.75 Å². The molecule has 0 heterocycles. The summed E-state index contributed by atoms with van der Waals surface area (Å²) in [5.41, 5.74) is 4.27. The summed E-state index contributed by atoms with van der Waals surface area (Å²) >= 11 is 0. The topological polar surface area (TPSA) is 26.3 Å². The van der Waals surface area contributed by atoms with E-state index in [2.05, 4.69) is 25.1 Å². The molecule has 19 heavy (non-hydrogen) atoms. The van der Waals surface area contributed by atoms with Gasteiger partial charge in [0.2, 0.25) is 0 Å². The van der Waals surface area contributed by atoms with Gasteiger partial charge in [-0.2, -0.15) is 0 Å². The van der Waals surface area contributed by atoms with E-state index in [9.17, 15) is 4.79 Å². The minimum Gasteiger partial charge on any atom is -0.497 e. The lowest BCUT2D eigenvalue weighted by molar-refractivity contribution is -0.115. The molecule has 0 aromatic heterocycles. The van der Waals surface area contributed by atoms with Crippen LogP contribution in [-0.2, 0) is 16.6 Å². The van der Waals surface area contributed by atoms with E-state index in [-0.39, 0.29) is 5.41 Å². The number of rotatable bonds is 2. The summed E-state index contributed by atoms with van der Waals surface area (Å²) in [7, 11) is 1.71. The molecular formula is C17H20O2. The summed E-state index contributed by atoms with van der Waals surface area (Å²) in [6.07, 6.45) is 6.68. The van der Waals surface area contributed by atoms with Gasteiger partial charge in [-0.3, -0.25) is 4.79 Å². The molecule has 0 saturated carbocycles. The molecule has 0 saturated heterocycles. The molecule has 1 aromatic carbocycles. The number of fused-ring (bicyclic) bond motifs is 3. The molecule has 100 valence electrons. The Kier molecular flexibility index (Phi) is 2.96. The van der Waals surface area contributed by atoms with E-state index in [0.29, 0.717) is 12.2 Å². The Hall–Kier alpha value is -1.57. The Balaban J connectivity index is 2.15. The highest BCUT2D eigenvalue weighted by Gasteiger charge is 2.41. The first-order chi connectivity index (χ1) is 9.19. The van der Waals surface area contributed by atoms with Gasteiger partial charge in [-0.05, 0) is 55.0 Å². The van der Waals surface area contributed by atoms with Crippen LogP contribution in [0.15, 0.2) is 29.8 Å². The van der Waals surface area contributed by atoms with Gasteiger partial charge in [0.25, 0.3) is 0 Å². The number of ketones is 1. The van der Waals surface area contributed by atoms with Crippen molar-refractivity contribution in [3.63, 3.8) is 0 Å². The number of benzene rings is 1. The van der Waals surface area contributed by atoms with E-state index < -0.39 is 0 Å². The summed E-state index contributed by atoms with van der Waals surface area (Å²) in [6.45, 7) is 2.24. The zero-order valence-electron chi connectivity index (χ0n) is 11.7. The normalized spacial score (nSPS) is 25.4. The highest BCUT2D eigenvalue weighted by atomic mass is 16.5. The number of carbonyl (C=O) groups excluding carboxylic acids is 1.